The molecule has 0 unspecified atom stereocenters. The Balaban J connectivity index is 2.01. The number of rotatable bonds is 1. The summed E-state index contributed by atoms with van der Waals surface area (Å²) in [6, 6.07) is 3.87. The fraction of sp³-hybridized carbons (Fsp3) is 0.429. The van der Waals surface area contributed by atoms with E-state index in [1.54, 1.807) is 0 Å². The van der Waals surface area contributed by atoms with Gasteiger partial charge < -0.3 is 20.2 Å². The highest BCUT2D eigenvalue weighted by molar-refractivity contribution is 7.71. The van der Waals surface area contributed by atoms with Gasteiger partial charge in [-0.2, -0.15) is 5.26 Å². The predicted molar refractivity (Wildman–Crippen MR) is 76.1 cm³/mol. The van der Waals surface area contributed by atoms with Crippen molar-refractivity contribution in [2.24, 2.45) is 5.73 Å². The molecule has 3 rings (SSSR count). The molecule has 5 nitrogen and oxygen atoms in total. The molecule has 1 spiro atoms. The lowest BCUT2D eigenvalue weighted by Crippen LogP contribution is -2.37. The van der Waals surface area contributed by atoms with Crippen LogP contribution in [-0.4, -0.2) is 24.0 Å². The second kappa shape index (κ2) is 5.02. The third-order valence-corrected chi connectivity index (χ3v) is 4.10. The van der Waals surface area contributed by atoms with Crippen molar-refractivity contribution in [3.8, 4) is 6.07 Å². The van der Waals surface area contributed by atoms with Gasteiger partial charge in [0.15, 0.2) is 5.79 Å². The molecule has 1 aliphatic heterocycles. The average Bonchev–Trinajstić information content (AvgIpc) is 2.87. The van der Waals surface area contributed by atoms with Gasteiger partial charge in [-0.25, -0.2) is 0 Å². The average molecular weight is 289 g/mol. The molecule has 1 saturated heterocycles. The van der Waals surface area contributed by atoms with Crippen LogP contribution >= 0.6 is 12.2 Å². The van der Waals surface area contributed by atoms with E-state index in [0.29, 0.717) is 35.5 Å². The van der Waals surface area contributed by atoms with Gasteiger partial charge in [-0.15, -0.1) is 0 Å². The smallest absolute Gasteiger partial charge is 0.172 e. The molecule has 1 aliphatic carbocycles. The van der Waals surface area contributed by atoms with Gasteiger partial charge in [-0.05, 0) is 18.1 Å². The minimum absolute atomic E-state index is 0.379. The van der Waals surface area contributed by atoms with Gasteiger partial charge in [0, 0.05) is 30.2 Å². The zero-order valence-corrected chi connectivity index (χ0v) is 11.8. The van der Waals surface area contributed by atoms with Crippen LogP contribution in [0.3, 0.4) is 0 Å². The van der Waals surface area contributed by atoms with E-state index < -0.39 is 5.79 Å². The first-order valence-electron chi connectivity index (χ1n) is 6.52. The van der Waals surface area contributed by atoms with Crippen molar-refractivity contribution in [2.45, 2.75) is 25.0 Å². The van der Waals surface area contributed by atoms with E-state index in [9.17, 15) is 0 Å². The summed E-state index contributed by atoms with van der Waals surface area (Å²) in [4.78, 5) is 3.22. The van der Waals surface area contributed by atoms with Crippen LogP contribution in [0.4, 0.5) is 0 Å². The Labute approximate surface area is 122 Å². The van der Waals surface area contributed by atoms with Gasteiger partial charge in [-0.3, -0.25) is 0 Å². The number of hydrogen-bond acceptors (Lipinski definition) is 5. The Morgan fingerprint density at radius 3 is 2.95 bits per heavy atom. The van der Waals surface area contributed by atoms with E-state index >= 15 is 0 Å². The molecule has 0 radical (unpaired) electrons. The number of nitrogens with zero attached hydrogens (tertiary/aromatic N) is 1. The summed E-state index contributed by atoms with van der Waals surface area (Å²) in [5.74, 6) is -0.491. The molecule has 104 valence electrons. The first-order chi connectivity index (χ1) is 9.63. The largest absolute Gasteiger partial charge is 0.398 e. The van der Waals surface area contributed by atoms with E-state index in [1.165, 1.54) is 6.08 Å². The number of aromatic amines is 1. The zero-order valence-electron chi connectivity index (χ0n) is 10.9. The monoisotopic (exact) mass is 289 g/mol. The second-order valence-corrected chi connectivity index (χ2v) is 5.44. The highest BCUT2D eigenvalue weighted by atomic mass is 32.1. The Morgan fingerprint density at radius 2 is 2.25 bits per heavy atom. The quantitative estimate of drug-likeness (QED) is 0.608. The summed E-state index contributed by atoms with van der Waals surface area (Å²) in [6.07, 6.45) is 3.64. The van der Waals surface area contributed by atoms with Crippen LogP contribution in [0.5, 0.6) is 0 Å². The van der Waals surface area contributed by atoms with Gasteiger partial charge in [0.05, 0.1) is 25.0 Å². The molecule has 0 amide bonds. The fourth-order valence-corrected chi connectivity index (χ4v) is 3.09. The molecule has 0 saturated carbocycles. The summed E-state index contributed by atoms with van der Waals surface area (Å²) >= 11 is 5.31. The van der Waals surface area contributed by atoms with E-state index in [2.05, 4.69) is 4.98 Å². The van der Waals surface area contributed by atoms with Gasteiger partial charge in [0.2, 0.25) is 0 Å². The lowest BCUT2D eigenvalue weighted by Gasteiger charge is -2.32. The van der Waals surface area contributed by atoms with E-state index in [4.69, 9.17) is 32.7 Å². The van der Waals surface area contributed by atoms with Gasteiger partial charge in [-0.1, -0.05) is 12.2 Å². The van der Waals surface area contributed by atoms with Crippen molar-refractivity contribution in [2.75, 3.05) is 13.2 Å². The first-order valence-corrected chi connectivity index (χ1v) is 6.93. The molecule has 20 heavy (non-hydrogen) atoms. The Bertz CT molecular complexity index is 666. The van der Waals surface area contributed by atoms with Crippen LogP contribution < -0.4 is 5.73 Å². The van der Waals surface area contributed by atoms with Crippen molar-refractivity contribution in [3.63, 3.8) is 0 Å². The summed E-state index contributed by atoms with van der Waals surface area (Å²) in [5, 5.41) is 8.70. The van der Waals surface area contributed by atoms with Crippen molar-refractivity contribution in [1.29, 1.82) is 5.26 Å². The molecule has 1 aromatic heterocycles. The molecule has 1 fully saturated rings. The lowest BCUT2D eigenvalue weighted by molar-refractivity contribution is -0.164. The van der Waals surface area contributed by atoms with Crippen LogP contribution in [0.2, 0.25) is 0 Å². The highest BCUT2D eigenvalue weighted by Crippen LogP contribution is 2.35. The number of aryl methyl sites for hydroxylation is 1. The summed E-state index contributed by atoms with van der Waals surface area (Å²) in [7, 11) is 0. The molecule has 2 aliphatic rings. The molecular weight excluding hydrogens is 274 g/mol. The molecule has 3 N–H and O–H groups in total. The molecule has 1 aromatic rings. The Morgan fingerprint density at radius 1 is 1.50 bits per heavy atom. The number of H-pyrrole nitrogens is 1. The maximum Gasteiger partial charge on any atom is 0.172 e. The molecule has 6 heteroatoms. The Kier molecular flexibility index (Phi) is 3.34. The molecule has 0 atom stereocenters. The second-order valence-electron chi connectivity index (χ2n) is 5.03. The van der Waals surface area contributed by atoms with Crippen LogP contribution in [0.25, 0.3) is 5.70 Å². The minimum Gasteiger partial charge on any atom is -0.398 e. The maximum absolute atomic E-state index is 8.70. The standard InChI is InChI=1S/C14H15N3O2S/c15-4-2-11(16)10-7-9-8-14(18-5-6-19-14)3-1-12(9)17-13(10)20/h2,7H,1,3,5-6,8,16H2,(H,17,20)/b11-2-. The lowest BCUT2D eigenvalue weighted by atomic mass is 9.89. The third kappa shape index (κ3) is 2.24. The predicted octanol–water partition coefficient (Wildman–Crippen LogP) is 1.80. The summed E-state index contributed by atoms with van der Waals surface area (Å²) < 4.78 is 12.1. The third-order valence-electron chi connectivity index (χ3n) is 3.78. The Hall–Kier alpha value is -1.68. The first kappa shape index (κ1) is 13.3. The molecule has 2 heterocycles. The van der Waals surface area contributed by atoms with Crippen LogP contribution in [0.15, 0.2) is 12.1 Å². The number of aromatic nitrogens is 1. The number of nitrogens with one attached hydrogen (secondary N) is 1. The number of nitrogens with two attached hydrogens (primary N) is 1. The summed E-state index contributed by atoms with van der Waals surface area (Å²) in [6.45, 7) is 1.28. The normalized spacial score (nSPS) is 20.6. The number of hydrogen-bond donors (Lipinski definition) is 2. The minimum atomic E-state index is -0.491. The topological polar surface area (TPSA) is 84.1 Å². The van der Waals surface area contributed by atoms with Gasteiger partial charge >= 0.3 is 0 Å². The number of ether oxygens (including phenoxy) is 2. The van der Waals surface area contributed by atoms with Crippen LogP contribution in [-0.2, 0) is 22.3 Å². The van der Waals surface area contributed by atoms with Crippen molar-refractivity contribution in [1.82, 2.24) is 4.98 Å². The maximum atomic E-state index is 8.70. The SMILES string of the molecule is N#C/C=C(\N)c1cc2c([nH]c1=S)CCC1(C2)OCCO1. The van der Waals surface area contributed by atoms with Crippen molar-refractivity contribution < 1.29 is 9.47 Å². The van der Waals surface area contributed by atoms with E-state index in [0.717, 1.165) is 24.1 Å². The zero-order chi connectivity index (χ0) is 14.2. The van der Waals surface area contributed by atoms with Crippen LogP contribution in [0, 0.1) is 16.0 Å². The molecular formula is C14H15N3O2S. The summed E-state index contributed by atoms with van der Waals surface area (Å²) in [5.41, 5.74) is 9.14. The van der Waals surface area contributed by atoms with Gasteiger partial charge in [0.1, 0.15) is 4.64 Å². The van der Waals surface area contributed by atoms with Crippen molar-refractivity contribution >= 4 is 17.9 Å². The van der Waals surface area contributed by atoms with Crippen molar-refractivity contribution in [3.05, 3.63) is 33.6 Å². The number of allylic oxidation sites excluding steroid dienone is 1. The number of fused-ring (bicyclic) bond motifs is 1. The number of nitriles is 1. The molecule has 0 bridgehead atoms. The number of pyridine rings is 1. The fourth-order valence-electron chi connectivity index (χ4n) is 2.79. The molecule has 0 aromatic carbocycles. The highest BCUT2D eigenvalue weighted by Gasteiger charge is 2.40. The van der Waals surface area contributed by atoms with Gasteiger partial charge in [0.25, 0.3) is 0 Å². The van der Waals surface area contributed by atoms with Crippen LogP contribution in [0.1, 0.15) is 23.2 Å². The van der Waals surface area contributed by atoms with E-state index in [-0.39, 0.29) is 0 Å². The van der Waals surface area contributed by atoms with E-state index in [1.807, 2.05) is 12.1 Å².